The van der Waals surface area contributed by atoms with E-state index in [1.54, 1.807) is 11.3 Å². The number of aromatic nitrogens is 1. The first kappa shape index (κ1) is 20.4. The zero-order valence-electron chi connectivity index (χ0n) is 13.0. The van der Waals surface area contributed by atoms with Crippen molar-refractivity contribution in [3.05, 3.63) is 11.1 Å². The Labute approximate surface area is 153 Å². The van der Waals surface area contributed by atoms with Crippen molar-refractivity contribution in [3.63, 3.8) is 0 Å². The Kier molecular flexibility index (Phi) is 9.16. The van der Waals surface area contributed by atoms with Crippen molar-refractivity contribution >= 4 is 47.2 Å². The molecule has 3 heterocycles. The quantitative estimate of drug-likeness (QED) is 0.801. The highest BCUT2D eigenvalue weighted by Gasteiger charge is 2.21. The predicted octanol–water partition coefficient (Wildman–Crippen LogP) is 1.23. The van der Waals surface area contributed by atoms with Gasteiger partial charge >= 0.3 is 0 Å². The van der Waals surface area contributed by atoms with Crippen LogP contribution < -0.4 is 15.5 Å². The second-order valence-corrected chi connectivity index (χ2v) is 6.26. The fourth-order valence-corrected chi connectivity index (χ4v) is 3.54. The lowest BCUT2D eigenvalue weighted by Gasteiger charge is -2.22. The summed E-state index contributed by atoms with van der Waals surface area (Å²) in [5, 5.41) is 9.30. The van der Waals surface area contributed by atoms with Gasteiger partial charge in [0.05, 0.1) is 12.3 Å². The maximum atomic E-state index is 11.9. The molecule has 2 aliphatic heterocycles. The number of carbonyl (C=O) groups excluding carboxylic acids is 1. The molecule has 6 nitrogen and oxygen atoms in total. The van der Waals surface area contributed by atoms with Crippen molar-refractivity contribution in [1.29, 1.82) is 0 Å². The monoisotopic (exact) mass is 382 g/mol. The number of amides is 1. The van der Waals surface area contributed by atoms with Crippen LogP contribution in [0.25, 0.3) is 0 Å². The summed E-state index contributed by atoms with van der Waals surface area (Å²) in [6.45, 7) is 4.88. The Hall–Kier alpha value is -0.600. The molecule has 1 atom stereocenters. The average Bonchev–Trinajstić information content (AvgIpc) is 3.19. The first-order valence-corrected chi connectivity index (χ1v) is 8.50. The highest BCUT2D eigenvalue weighted by Crippen LogP contribution is 2.24. The van der Waals surface area contributed by atoms with E-state index in [4.69, 9.17) is 4.74 Å². The number of rotatable bonds is 5. The number of halogens is 2. The molecule has 1 amide bonds. The van der Waals surface area contributed by atoms with E-state index in [-0.39, 0.29) is 36.8 Å². The molecule has 2 fully saturated rings. The number of nitrogens with zero attached hydrogens (tertiary/aromatic N) is 2. The Morgan fingerprint density at radius 2 is 2.22 bits per heavy atom. The summed E-state index contributed by atoms with van der Waals surface area (Å²) in [4.78, 5) is 18.9. The van der Waals surface area contributed by atoms with Crippen molar-refractivity contribution in [2.24, 2.45) is 0 Å². The van der Waals surface area contributed by atoms with Crippen molar-refractivity contribution in [2.75, 3.05) is 44.2 Å². The lowest BCUT2D eigenvalue weighted by atomic mass is 10.2. The molecule has 2 aliphatic rings. The molecule has 1 aromatic heterocycles. The lowest BCUT2D eigenvalue weighted by Crippen LogP contribution is -2.48. The minimum atomic E-state index is -0.352. The third kappa shape index (κ3) is 5.76. The van der Waals surface area contributed by atoms with Gasteiger partial charge in [-0.1, -0.05) is 0 Å². The van der Waals surface area contributed by atoms with Crippen LogP contribution in [0.15, 0.2) is 5.38 Å². The molecule has 0 aliphatic carbocycles. The molecule has 0 radical (unpaired) electrons. The van der Waals surface area contributed by atoms with E-state index in [1.807, 2.05) is 0 Å². The molecule has 0 bridgehead atoms. The number of nitrogens with one attached hydrogen (secondary N) is 2. The Bertz CT molecular complexity index is 477. The molecular weight excluding hydrogens is 359 g/mol. The van der Waals surface area contributed by atoms with E-state index in [0.717, 1.165) is 36.9 Å². The van der Waals surface area contributed by atoms with Crippen LogP contribution in [0.2, 0.25) is 0 Å². The van der Waals surface area contributed by atoms with Crippen molar-refractivity contribution in [2.45, 2.75) is 25.4 Å². The van der Waals surface area contributed by atoms with E-state index in [0.29, 0.717) is 19.7 Å². The maximum Gasteiger partial charge on any atom is 0.250 e. The normalized spacial score (nSPS) is 20.5. The maximum absolute atomic E-state index is 11.9. The molecule has 0 saturated carbocycles. The SMILES string of the molecule is Cl.Cl.O=C(NCCc1csc(N2CCCC2)n1)C1CNCCO1. The summed E-state index contributed by atoms with van der Waals surface area (Å²) in [6, 6.07) is 0. The van der Waals surface area contributed by atoms with E-state index in [9.17, 15) is 4.79 Å². The standard InChI is InChI=1S/C14H22N4O2S.2ClH/c19-13(12-9-15-5-8-20-12)16-4-3-11-10-21-14(17-11)18-6-1-2-7-18;;/h10,12,15H,1-9H2,(H,16,19);2*1H. The molecular formula is C14H24Cl2N4O2S. The largest absolute Gasteiger partial charge is 0.366 e. The van der Waals surface area contributed by atoms with Crippen LogP contribution in [0, 0.1) is 0 Å². The van der Waals surface area contributed by atoms with Crippen molar-refractivity contribution in [3.8, 4) is 0 Å². The van der Waals surface area contributed by atoms with Gasteiger partial charge in [0.1, 0.15) is 6.10 Å². The highest BCUT2D eigenvalue weighted by molar-refractivity contribution is 7.13. The topological polar surface area (TPSA) is 66.5 Å². The van der Waals surface area contributed by atoms with Crippen LogP contribution in [0.3, 0.4) is 0 Å². The number of thiazole rings is 1. The van der Waals surface area contributed by atoms with Gasteiger partial charge in [-0.2, -0.15) is 0 Å². The minimum absolute atomic E-state index is 0. The van der Waals surface area contributed by atoms with Gasteiger partial charge in [-0.3, -0.25) is 4.79 Å². The van der Waals surface area contributed by atoms with Crippen LogP contribution in [0.5, 0.6) is 0 Å². The lowest BCUT2D eigenvalue weighted by molar-refractivity contribution is -0.134. The van der Waals surface area contributed by atoms with Gasteiger partial charge in [-0.05, 0) is 12.8 Å². The molecule has 2 N–H and O–H groups in total. The Morgan fingerprint density at radius 1 is 1.43 bits per heavy atom. The number of carbonyl (C=O) groups is 1. The first-order valence-electron chi connectivity index (χ1n) is 7.62. The van der Waals surface area contributed by atoms with Gasteiger partial charge in [-0.15, -0.1) is 36.2 Å². The Balaban J connectivity index is 0.00000132. The molecule has 1 aromatic rings. The van der Waals surface area contributed by atoms with Gasteiger partial charge in [0.2, 0.25) is 5.91 Å². The second-order valence-electron chi connectivity index (χ2n) is 5.42. The van der Waals surface area contributed by atoms with E-state index in [2.05, 4.69) is 25.9 Å². The van der Waals surface area contributed by atoms with E-state index < -0.39 is 0 Å². The minimum Gasteiger partial charge on any atom is -0.366 e. The van der Waals surface area contributed by atoms with Gasteiger partial charge in [0.25, 0.3) is 0 Å². The van der Waals surface area contributed by atoms with Crippen molar-refractivity contribution < 1.29 is 9.53 Å². The molecule has 0 aromatic carbocycles. The summed E-state index contributed by atoms with van der Waals surface area (Å²) < 4.78 is 5.42. The van der Waals surface area contributed by atoms with Gasteiger partial charge < -0.3 is 20.3 Å². The third-order valence-corrected chi connectivity index (χ3v) is 4.77. The number of morpholine rings is 1. The summed E-state index contributed by atoms with van der Waals surface area (Å²) in [5.41, 5.74) is 1.06. The number of hydrogen-bond acceptors (Lipinski definition) is 6. The summed E-state index contributed by atoms with van der Waals surface area (Å²) in [5.74, 6) is -0.0304. The molecule has 1 unspecified atom stereocenters. The number of ether oxygens (including phenoxy) is 1. The number of anilines is 1. The van der Waals surface area contributed by atoms with E-state index >= 15 is 0 Å². The van der Waals surface area contributed by atoms with Gasteiger partial charge in [0.15, 0.2) is 5.13 Å². The smallest absolute Gasteiger partial charge is 0.250 e. The zero-order chi connectivity index (χ0) is 14.5. The van der Waals surface area contributed by atoms with Crippen LogP contribution in [0.4, 0.5) is 5.13 Å². The van der Waals surface area contributed by atoms with Gasteiger partial charge in [-0.25, -0.2) is 4.98 Å². The highest BCUT2D eigenvalue weighted by atomic mass is 35.5. The van der Waals surface area contributed by atoms with E-state index in [1.165, 1.54) is 12.8 Å². The molecule has 3 rings (SSSR count). The van der Waals surface area contributed by atoms with Crippen LogP contribution in [-0.4, -0.2) is 56.3 Å². The summed E-state index contributed by atoms with van der Waals surface area (Å²) >= 11 is 1.70. The third-order valence-electron chi connectivity index (χ3n) is 3.82. The van der Waals surface area contributed by atoms with Crippen molar-refractivity contribution in [1.82, 2.24) is 15.6 Å². The molecule has 132 valence electrons. The predicted molar refractivity (Wildman–Crippen MR) is 97.4 cm³/mol. The fourth-order valence-electron chi connectivity index (χ4n) is 2.63. The van der Waals surface area contributed by atoms with Crippen LogP contribution in [-0.2, 0) is 16.0 Å². The van der Waals surface area contributed by atoms with Crippen LogP contribution >= 0.6 is 36.2 Å². The second kappa shape index (κ2) is 10.3. The number of hydrogen-bond donors (Lipinski definition) is 2. The van der Waals surface area contributed by atoms with Gasteiger partial charge in [0, 0.05) is 44.5 Å². The molecule has 0 spiro atoms. The zero-order valence-corrected chi connectivity index (χ0v) is 15.4. The fraction of sp³-hybridized carbons (Fsp3) is 0.714. The molecule has 2 saturated heterocycles. The first-order chi connectivity index (χ1) is 10.3. The average molecular weight is 383 g/mol. The Morgan fingerprint density at radius 3 is 2.91 bits per heavy atom. The summed E-state index contributed by atoms with van der Waals surface area (Å²) in [6.07, 6.45) is 2.95. The molecule has 9 heteroatoms. The molecule has 23 heavy (non-hydrogen) atoms. The van der Waals surface area contributed by atoms with Crippen LogP contribution in [0.1, 0.15) is 18.5 Å². The summed E-state index contributed by atoms with van der Waals surface area (Å²) in [7, 11) is 0.